The molecule has 1 saturated heterocycles. The van der Waals surface area contributed by atoms with Gasteiger partial charge in [-0.1, -0.05) is 60.7 Å². The summed E-state index contributed by atoms with van der Waals surface area (Å²) in [5, 5.41) is 17.4. The molecular formula is C34H33N5O5S. The average Bonchev–Trinajstić information content (AvgIpc) is 3.51. The number of para-hydroxylation sites is 1. The van der Waals surface area contributed by atoms with Crippen LogP contribution in [-0.4, -0.2) is 54.1 Å². The second-order valence-electron chi connectivity index (χ2n) is 10.5. The summed E-state index contributed by atoms with van der Waals surface area (Å²) in [6.07, 6.45) is 3.94. The Labute approximate surface area is 262 Å². The van der Waals surface area contributed by atoms with Crippen molar-refractivity contribution in [3.05, 3.63) is 108 Å². The Morgan fingerprint density at radius 2 is 1.71 bits per heavy atom. The summed E-state index contributed by atoms with van der Waals surface area (Å²) < 4.78 is 35.5. The molecule has 45 heavy (non-hydrogen) atoms. The fourth-order valence-electron chi connectivity index (χ4n) is 5.15. The highest BCUT2D eigenvalue weighted by atomic mass is 32.2. The molecule has 10 nitrogen and oxygen atoms in total. The quantitative estimate of drug-likeness (QED) is 0.153. The van der Waals surface area contributed by atoms with Gasteiger partial charge in [0.15, 0.2) is 0 Å². The number of benzene rings is 3. The van der Waals surface area contributed by atoms with Gasteiger partial charge in [-0.15, -0.1) is 0 Å². The van der Waals surface area contributed by atoms with Crippen molar-refractivity contribution in [2.75, 3.05) is 19.7 Å². The number of piperidine rings is 1. The Balaban J connectivity index is 1.45. The fourth-order valence-corrected chi connectivity index (χ4v) is 6.67. The number of aromatic nitrogens is 2. The number of rotatable bonds is 10. The molecule has 11 heteroatoms. The van der Waals surface area contributed by atoms with E-state index >= 15 is 0 Å². The highest BCUT2D eigenvalue weighted by Gasteiger charge is 2.33. The van der Waals surface area contributed by atoms with Crippen molar-refractivity contribution < 1.29 is 22.7 Å². The van der Waals surface area contributed by atoms with E-state index in [1.807, 2.05) is 66.7 Å². The molecule has 1 fully saturated rings. The van der Waals surface area contributed by atoms with Crippen molar-refractivity contribution in [3.63, 3.8) is 0 Å². The Bertz CT molecular complexity index is 1840. The highest BCUT2D eigenvalue weighted by Crippen LogP contribution is 2.30. The molecule has 0 bridgehead atoms. The lowest BCUT2D eigenvalue weighted by Gasteiger charge is -2.30. The minimum atomic E-state index is -3.87. The Morgan fingerprint density at radius 1 is 1.02 bits per heavy atom. The molecule has 1 aliphatic rings. The molecule has 0 spiro atoms. The van der Waals surface area contributed by atoms with Gasteiger partial charge in [0, 0.05) is 37.0 Å². The van der Waals surface area contributed by atoms with E-state index in [0.29, 0.717) is 29.7 Å². The van der Waals surface area contributed by atoms with Crippen molar-refractivity contribution >= 4 is 28.0 Å². The van der Waals surface area contributed by atoms with Crippen LogP contribution in [0.4, 0.5) is 0 Å². The molecule has 3 aromatic carbocycles. The lowest BCUT2D eigenvalue weighted by atomic mass is 9.98. The van der Waals surface area contributed by atoms with E-state index in [2.05, 4.69) is 5.32 Å². The summed E-state index contributed by atoms with van der Waals surface area (Å²) in [6, 6.07) is 27.1. The van der Waals surface area contributed by atoms with E-state index in [1.165, 1.54) is 16.4 Å². The molecule has 1 aromatic heterocycles. The zero-order chi connectivity index (χ0) is 31.8. The first kappa shape index (κ1) is 31.4. The van der Waals surface area contributed by atoms with Gasteiger partial charge in [0.25, 0.3) is 5.91 Å². The van der Waals surface area contributed by atoms with Crippen LogP contribution in [0.3, 0.4) is 0 Å². The molecule has 0 atom stereocenters. The molecule has 4 aromatic rings. The number of esters is 1. The lowest BCUT2D eigenvalue weighted by molar-refractivity contribution is -0.149. The van der Waals surface area contributed by atoms with Gasteiger partial charge < -0.3 is 10.1 Å². The van der Waals surface area contributed by atoms with Crippen LogP contribution in [-0.2, 0) is 30.9 Å². The third kappa shape index (κ3) is 7.37. The first-order valence-electron chi connectivity index (χ1n) is 14.7. The number of carbonyl (C=O) groups is 2. The molecule has 1 amide bonds. The first-order valence-corrected chi connectivity index (χ1v) is 16.1. The highest BCUT2D eigenvalue weighted by molar-refractivity contribution is 7.89. The third-order valence-corrected chi connectivity index (χ3v) is 9.44. The van der Waals surface area contributed by atoms with Gasteiger partial charge in [0.1, 0.15) is 17.3 Å². The smallest absolute Gasteiger partial charge is 0.309 e. The number of nitriles is 1. The maximum atomic E-state index is 13.7. The Kier molecular flexibility index (Phi) is 9.87. The van der Waals surface area contributed by atoms with Crippen molar-refractivity contribution in [2.24, 2.45) is 5.92 Å². The molecule has 0 unspecified atom stereocenters. The van der Waals surface area contributed by atoms with Crippen LogP contribution in [0.1, 0.15) is 30.9 Å². The summed E-state index contributed by atoms with van der Waals surface area (Å²) in [5.41, 5.74) is 2.89. The average molecular weight is 624 g/mol. The van der Waals surface area contributed by atoms with Gasteiger partial charge in [-0.25, -0.2) is 13.1 Å². The van der Waals surface area contributed by atoms with Gasteiger partial charge in [0.05, 0.1) is 23.1 Å². The normalized spacial score (nSPS) is 14.4. The molecule has 5 rings (SSSR count). The van der Waals surface area contributed by atoms with E-state index in [4.69, 9.17) is 9.84 Å². The van der Waals surface area contributed by atoms with E-state index in [0.717, 1.165) is 11.3 Å². The summed E-state index contributed by atoms with van der Waals surface area (Å²) >= 11 is 0. The van der Waals surface area contributed by atoms with E-state index in [-0.39, 0.29) is 48.6 Å². The van der Waals surface area contributed by atoms with E-state index in [9.17, 15) is 23.3 Å². The zero-order valence-corrected chi connectivity index (χ0v) is 25.6. The second kappa shape index (κ2) is 14.2. The number of sulfonamides is 1. The molecule has 0 radical (unpaired) electrons. The monoisotopic (exact) mass is 623 g/mol. The first-order chi connectivity index (χ1) is 21.8. The number of carbonyl (C=O) groups excluding carboxylic acids is 2. The number of hydrogen-bond acceptors (Lipinski definition) is 7. The largest absolute Gasteiger partial charge is 0.466 e. The maximum Gasteiger partial charge on any atom is 0.309 e. The van der Waals surface area contributed by atoms with Gasteiger partial charge in [0.2, 0.25) is 10.0 Å². The molecule has 2 heterocycles. The van der Waals surface area contributed by atoms with Crippen LogP contribution in [0, 0.1) is 17.2 Å². The van der Waals surface area contributed by atoms with Crippen LogP contribution >= 0.6 is 0 Å². The van der Waals surface area contributed by atoms with Gasteiger partial charge in [-0.3, -0.25) is 9.59 Å². The molecule has 0 aliphatic carbocycles. The molecule has 1 aliphatic heterocycles. The summed E-state index contributed by atoms with van der Waals surface area (Å²) in [6.45, 7) is 2.70. The molecule has 1 N–H and O–H groups in total. The SMILES string of the molecule is CCOC(=O)C1CCN(S(=O)(=O)c2cccc(-c3nn(-c4ccccc4)cc3C=C(C#N)C(=O)NCc3ccccc3)c2)CC1. The van der Waals surface area contributed by atoms with Crippen molar-refractivity contribution in [2.45, 2.75) is 31.2 Å². The van der Waals surface area contributed by atoms with Crippen molar-refractivity contribution in [1.82, 2.24) is 19.4 Å². The number of ether oxygens (including phenoxy) is 1. The van der Waals surface area contributed by atoms with Gasteiger partial charge in [-0.05, 0) is 55.7 Å². The summed E-state index contributed by atoms with van der Waals surface area (Å²) in [5.74, 6) is -1.16. The van der Waals surface area contributed by atoms with Crippen LogP contribution in [0.5, 0.6) is 0 Å². The summed E-state index contributed by atoms with van der Waals surface area (Å²) in [7, 11) is -3.87. The number of amides is 1. The van der Waals surface area contributed by atoms with Gasteiger partial charge in [-0.2, -0.15) is 14.7 Å². The predicted molar refractivity (Wildman–Crippen MR) is 169 cm³/mol. The maximum absolute atomic E-state index is 13.7. The van der Waals surface area contributed by atoms with Gasteiger partial charge >= 0.3 is 5.97 Å². The summed E-state index contributed by atoms with van der Waals surface area (Å²) in [4.78, 5) is 25.2. The van der Waals surface area contributed by atoms with E-state index in [1.54, 1.807) is 36.0 Å². The van der Waals surface area contributed by atoms with Crippen molar-refractivity contribution in [3.8, 4) is 23.0 Å². The van der Waals surface area contributed by atoms with Crippen LogP contribution < -0.4 is 5.32 Å². The second-order valence-corrected chi connectivity index (χ2v) is 12.4. The molecular weight excluding hydrogens is 590 g/mol. The fraction of sp³-hybridized carbons (Fsp3) is 0.235. The Hall–Kier alpha value is -5.05. The van der Waals surface area contributed by atoms with Crippen LogP contribution in [0.15, 0.2) is 102 Å². The topological polar surface area (TPSA) is 134 Å². The minimum Gasteiger partial charge on any atom is -0.466 e. The standard InChI is InChI=1S/C34H33N5O5S/c1-2-44-34(41)26-16-18-38(19-17-26)45(42,43)31-15-9-12-27(21-31)32-29(24-39(37-32)30-13-7-4-8-14-30)20-28(22-35)33(40)36-23-25-10-5-3-6-11-25/h3-15,20-21,24,26H,2,16-19,23H2,1H3,(H,36,40). The number of nitrogens with one attached hydrogen (secondary N) is 1. The third-order valence-electron chi connectivity index (χ3n) is 7.54. The van der Waals surface area contributed by atoms with Crippen molar-refractivity contribution in [1.29, 1.82) is 5.26 Å². The zero-order valence-electron chi connectivity index (χ0n) is 24.8. The lowest BCUT2D eigenvalue weighted by Crippen LogP contribution is -2.40. The number of nitrogens with zero attached hydrogens (tertiary/aromatic N) is 4. The Morgan fingerprint density at radius 3 is 2.38 bits per heavy atom. The molecule has 230 valence electrons. The minimum absolute atomic E-state index is 0.0832. The predicted octanol–water partition coefficient (Wildman–Crippen LogP) is 4.73. The van der Waals surface area contributed by atoms with Crippen LogP contribution in [0.2, 0.25) is 0 Å². The van der Waals surface area contributed by atoms with E-state index < -0.39 is 15.9 Å². The molecule has 0 saturated carbocycles. The van der Waals surface area contributed by atoms with Crippen LogP contribution in [0.25, 0.3) is 23.0 Å². The number of hydrogen-bond donors (Lipinski definition) is 1.